The molecule has 1 amide bonds. The number of amides is 1. The highest BCUT2D eigenvalue weighted by molar-refractivity contribution is 6.36. The van der Waals surface area contributed by atoms with Gasteiger partial charge in [-0.3, -0.25) is 4.79 Å². The molecule has 0 unspecified atom stereocenters. The molecule has 5 N–H and O–H groups in total. The monoisotopic (exact) mass is 427 g/mol. The second-order valence-electron chi connectivity index (χ2n) is 6.52. The molecule has 3 aromatic rings. The van der Waals surface area contributed by atoms with Gasteiger partial charge in [-0.1, -0.05) is 23.7 Å². The van der Waals surface area contributed by atoms with Crippen LogP contribution in [0.5, 0.6) is 5.75 Å². The van der Waals surface area contributed by atoms with Crippen LogP contribution in [0.4, 0.5) is 17.3 Å². The molecular formula is C20H22ClN7O2. The van der Waals surface area contributed by atoms with Crippen molar-refractivity contribution < 1.29 is 9.53 Å². The van der Waals surface area contributed by atoms with Crippen LogP contribution in [-0.2, 0) is 18.4 Å². The summed E-state index contributed by atoms with van der Waals surface area (Å²) < 4.78 is 7.03. The zero-order valence-corrected chi connectivity index (χ0v) is 17.5. The second kappa shape index (κ2) is 8.83. The molecule has 0 saturated carbocycles. The van der Waals surface area contributed by atoms with Gasteiger partial charge in [0, 0.05) is 49.1 Å². The zero-order valence-electron chi connectivity index (χ0n) is 16.8. The maximum Gasteiger partial charge on any atom is 0.225 e. The van der Waals surface area contributed by atoms with Crippen molar-refractivity contribution >= 4 is 41.0 Å². The molecule has 9 nitrogen and oxygen atoms in total. The first-order valence-electron chi connectivity index (χ1n) is 9.02. The summed E-state index contributed by atoms with van der Waals surface area (Å²) in [5.41, 5.74) is 8.87. The van der Waals surface area contributed by atoms with Crippen molar-refractivity contribution in [3.8, 4) is 17.1 Å². The molecule has 1 aromatic heterocycles. The van der Waals surface area contributed by atoms with Gasteiger partial charge < -0.3 is 26.5 Å². The molecule has 10 heteroatoms. The van der Waals surface area contributed by atoms with Gasteiger partial charge in [0.1, 0.15) is 5.75 Å². The number of nitrogens with zero attached hydrogens (tertiary/aromatic N) is 3. The lowest BCUT2D eigenvalue weighted by molar-refractivity contribution is -0.119. The number of aromatic nitrogens is 3. The Bertz CT molecular complexity index is 1110. The largest absolute Gasteiger partial charge is 0.496 e. The van der Waals surface area contributed by atoms with Crippen molar-refractivity contribution in [2.45, 2.75) is 13.5 Å². The SMILES string of the molecule is COc1cc(-c2nc(Nc3ccc(N)c(C=N)c3Cl)n(C)n2)ccc1CNC(C)=O. The number of nitrogens with two attached hydrogens (primary N) is 1. The lowest BCUT2D eigenvalue weighted by Crippen LogP contribution is -2.19. The van der Waals surface area contributed by atoms with Crippen LogP contribution in [0.2, 0.25) is 5.02 Å². The molecular weight excluding hydrogens is 406 g/mol. The molecule has 0 fully saturated rings. The van der Waals surface area contributed by atoms with E-state index in [1.165, 1.54) is 6.92 Å². The zero-order chi connectivity index (χ0) is 21.8. The second-order valence-corrected chi connectivity index (χ2v) is 6.90. The molecule has 0 radical (unpaired) electrons. The average molecular weight is 428 g/mol. The Kier molecular flexibility index (Phi) is 6.22. The quantitative estimate of drug-likeness (QED) is 0.338. The summed E-state index contributed by atoms with van der Waals surface area (Å²) >= 11 is 6.35. The fourth-order valence-corrected chi connectivity index (χ4v) is 3.11. The first-order valence-corrected chi connectivity index (χ1v) is 9.40. The van der Waals surface area contributed by atoms with E-state index in [2.05, 4.69) is 20.7 Å². The summed E-state index contributed by atoms with van der Waals surface area (Å²) in [6.45, 7) is 1.83. The minimum atomic E-state index is -0.115. The number of benzene rings is 2. The Labute approximate surface area is 178 Å². The van der Waals surface area contributed by atoms with Gasteiger partial charge in [-0.25, -0.2) is 4.68 Å². The molecule has 0 saturated heterocycles. The third-order valence-corrected chi connectivity index (χ3v) is 4.85. The van der Waals surface area contributed by atoms with Crippen molar-refractivity contribution in [3.63, 3.8) is 0 Å². The van der Waals surface area contributed by atoms with E-state index in [4.69, 9.17) is 27.5 Å². The van der Waals surface area contributed by atoms with Crippen molar-refractivity contribution in [2.24, 2.45) is 7.05 Å². The first kappa shape index (κ1) is 21.1. The van der Waals surface area contributed by atoms with E-state index in [0.717, 1.165) is 17.3 Å². The molecule has 3 rings (SSSR count). The van der Waals surface area contributed by atoms with Crippen LogP contribution in [0, 0.1) is 5.41 Å². The third-order valence-electron chi connectivity index (χ3n) is 4.44. The smallest absolute Gasteiger partial charge is 0.225 e. The predicted molar refractivity (Wildman–Crippen MR) is 118 cm³/mol. The van der Waals surface area contributed by atoms with Crippen LogP contribution in [0.25, 0.3) is 11.4 Å². The Morgan fingerprint density at radius 3 is 2.80 bits per heavy atom. The summed E-state index contributed by atoms with van der Waals surface area (Å²) in [7, 11) is 3.32. The fourth-order valence-electron chi connectivity index (χ4n) is 2.84. The highest BCUT2D eigenvalue weighted by Gasteiger charge is 2.15. The van der Waals surface area contributed by atoms with Crippen LogP contribution >= 0.6 is 11.6 Å². The van der Waals surface area contributed by atoms with E-state index in [-0.39, 0.29) is 5.91 Å². The number of nitrogen functional groups attached to an aromatic ring is 1. The number of rotatable bonds is 7. The molecule has 0 bridgehead atoms. The average Bonchev–Trinajstić information content (AvgIpc) is 3.09. The molecule has 30 heavy (non-hydrogen) atoms. The van der Waals surface area contributed by atoms with Crippen LogP contribution < -0.4 is 21.1 Å². The highest BCUT2D eigenvalue weighted by Crippen LogP contribution is 2.32. The number of carbonyl (C=O) groups excluding carboxylic acids is 1. The van der Waals surface area contributed by atoms with Crippen molar-refractivity contribution in [1.82, 2.24) is 20.1 Å². The third kappa shape index (κ3) is 4.36. The number of hydrogen-bond acceptors (Lipinski definition) is 7. The van der Waals surface area contributed by atoms with Crippen molar-refractivity contribution in [1.29, 1.82) is 5.41 Å². The number of ether oxygens (including phenoxy) is 1. The fraction of sp³-hybridized carbons (Fsp3) is 0.200. The van der Waals surface area contributed by atoms with Gasteiger partial charge in [-0.2, -0.15) is 4.98 Å². The predicted octanol–water partition coefficient (Wildman–Crippen LogP) is 3.10. The Balaban J connectivity index is 1.89. The molecule has 1 heterocycles. The Morgan fingerprint density at radius 2 is 2.13 bits per heavy atom. The lowest BCUT2D eigenvalue weighted by Gasteiger charge is -2.10. The molecule has 0 aliphatic rings. The number of aryl methyl sites for hydroxylation is 1. The standard InChI is InChI=1S/C20H22ClN7O2/c1-11(29)24-10-13-5-4-12(8-17(13)30-3)19-26-20(28(2)27-19)25-16-7-6-15(23)14(9-22)18(16)21/h4-9,22H,10,23H2,1-3H3,(H,24,29)(H,25,26,27). The summed E-state index contributed by atoms with van der Waals surface area (Å²) in [5.74, 6) is 1.47. The number of methoxy groups -OCH3 is 1. The van der Waals surface area contributed by atoms with Crippen LogP contribution in [0.15, 0.2) is 30.3 Å². The van der Waals surface area contributed by atoms with Gasteiger partial charge >= 0.3 is 0 Å². The van der Waals surface area contributed by atoms with E-state index in [9.17, 15) is 4.79 Å². The minimum absolute atomic E-state index is 0.115. The number of halogens is 1. The van der Waals surface area contributed by atoms with Crippen LogP contribution in [0.3, 0.4) is 0 Å². The topological polar surface area (TPSA) is 131 Å². The van der Waals surface area contributed by atoms with E-state index < -0.39 is 0 Å². The van der Waals surface area contributed by atoms with Gasteiger partial charge in [0.15, 0.2) is 5.82 Å². The van der Waals surface area contributed by atoms with Gasteiger partial charge in [0.2, 0.25) is 11.9 Å². The van der Waals surface area contributed by atoms with E-state index in [1.54, 1.807) is 31.0 Å². The van der Waals surface area contributed by atoms with E-state index in [0.29, 0.717) is 46.0 Å². The first-order chi connectivity index (χ1) is 14.3. The van der Waals surface area contributed by atoms with Gasteiger partial charge in [0.25, 0.3) is 0 Å². The van der Waals surface area contributed by atoms with Crippen molar-refractivity contribution in [2.75, 3.05) is 18.2 Å². The highest BCUT2D eigenvalue weighted by atomic mass is 35.5. The maximum atomic E-state index is 11.2. The molecule has 0 atom stereocenters. The van der Waals surface area contributed by atoms with E-state index >= 15 is 0 Å². The van der Waals surface area contributed by atoms with E-state index in [1.807, 2.05) is 18.2 Å². The summed E-state index contributed by atoms with van der Waals surface area (Å²) in [5, 5.41) is 18.1. The van der Waals surface area contributed by atoms with Crippen molar-refractivity contribution in [3.05, 3.63) is 46.5 Å². The van der Waals surface area contributed by atoms with Gasteiger partial charge in [-0.05, 0) is 18.2 Å². The molecule has 0 spiro atoms. The van der Waals surface area contributed by atoms with Gasteiger partial charge in [0.05, 0.1) is 17.8 Å². The maximum absolute atomic E-state index is 11.2. The summed E-state index contributed by atoms with van der Waals surface area (Å²) in [4.78, 5) is 15.7. The lowest BCUT2D eigenvalue weighted by atomic mass is 10.1. The number of nitrogens with one attached hydrogen (secondary N) is 3. The Morgan fingerprint density at radius 1 is 1.37 bits per heavy atom. The summed E-state index contributed by atoms with van der Waals surface area (Å²) in [6, 6.07) is 8.94. The minimum Gasteiger partial charge on any atom is -0.496 e. The molecule has 156 valence electrons. The summed E-state index contributed by atoms with van der Waals surface area (Å²) in [6.07, 6.45) is 1.11. The number of anilines is 3. The normalized spacial score (nSPS) is 10.5. The number of carbonyl (C=O) groups is 1. The molecule has 2 aromatic carbocycles. The van der Waals surface area contributed by atoms with Gasteiger partial charge in [-0.15, -0.1) is 5.10 Å². The Hall–Kier alpha value is -3.59. The molecule has 0 aliphatic carbocycles. The number of hydrogen-bond donors (Lipinski definition) is 4. The molecule has 0 aliphatic heterocycles. The van der Waals surface area contributed by atoms with Crippen LogP contribution in [0.1, 0.15) is 18.1 Å². The van der Waals surface area contributed by atoms with Crippen LogP contribution in [-0.4, -0.2) is 34.0 Å².